The maximum absolute atomic E-state index is 12.5. The summed E-state index contributed by atoms with van der Waals surface area (Å²) in [4.78, 5) is 30.3. The molecular weight excluding hydrogens is 354 g/mol. The van der Waals surface area contributed by atoms with Crippen LogP contribution in [0.15, 0.2) is 54.6 Å². The van der Waals surface area contributed by atoms with Gasteiger partial charge in [-0.15, -0.1) is 0 Å². The van der Waals surface area contributed by atoms with Gasteiger partial charge in [0.05, 0.1) is 19.8 Å². The van der Waals surface area contributed by atoms with Crippen molar-refractivity contribution >= 4 is 17.5 Å². The Morgan fingerprint density at radius 2 is 1.57 bits per heavy atom. The Balaban J connectivity index is 1.52. The third kappa shape index (κ3) is 5.10. The zero-order valence-electron chi connectivity index (χ0n) is 16.5. The summed E-state index contributed by atoms with van der Waals surface area (Å²) in [6.07, 6.45) is 0. The molecule has 0 saturated carbocycles. The number of amides is 2. The van der Waals surface area contributed by atoms with Gasteiger partial charge in [0.2, 0.25) is 5.91 Å². The van der Waals surface area contributed by atoms with E-state index in [-0.39, 0.29) is 18.4 Å². The summed E-state index contributed by atoms with van der Waals surface area (Å²) in [5.41, 5.74) is 2.82. The van der Waals surface area contributed by atoms with Crippen molar-refractivity contribution in [3.8, 4) is 0 Å². The van der Waals surface area contributed by atoms with Gasteiger partial charge in [0.25, 0.3) is 5.91 Å². The van der Waals surface area contributed by atoms with Crippen LogP contribution in [-0.4, -0.2) is 68.6 Å². The first-order valence-electron chi connectivity index (χ1n) is 9.50. The van der Waals surface area contributed by atoms with E-state index in [0.29, 0.717) is 12.1 Å². The molecule has 0 unspecified atom stereocenters. The van der Waals surface area contributed by atoms with E-state index in [1.165, 1.54) is 10.6 Å². The van der Waals surface area contributed by atoms with Crippen LogP contribution in [0.4, 0.5) is 5.69 Å². The molecule has 0 aromatic heterocycles. The highest BCUT2D eigenvalue weighted by atomic mass is 16.5. The van der Waals surface area contributed by atoms with Gasteiger partial charge in [-0.3, -0.25) is 9.59 Å². The topological polar surface area (TPSA) is 53.1 Å². The largest absolute Gasteiger partial charge is 0.378 e. The summed E-state index contributed by atoms with van der Waals surface area (Å²) >= 11 is 0. The number of benzene rings is 2. The average molecular weight is 381 g/mol. The lowest BCUT2D eigenvalue weighted by Gasteiger charge is -2.29. The molecule has 0 bridgehead atoms. The SMILES string of the molecule is CN(Cc1ccc(N2CCOCC2)cc1)C(=O)CN(C)C(=O)c1ccccc1. The normalized spacial score (nSPS) is 13.9. The van der Waals surface area contributed by atoms with Crippen LogP contribution in [0.25, 0.3) is 0 Å². The van der Waals surface area contributed by atoms with Crippen LogP contribution < -0.4 is 4.90 Å². The van der Waals surface area contributed by atoms with Crippen LogP contribution in [0.3, 0.4) is 0 Å². The minimum Gasteiger partial charge on any atom is -0.378 e. The third-order valence-corrected chi connectivity index (χ3v) is 4.90. The lowest BCUT2D eigenvalue weighted by molar-refractivity contribution is -0.130. The van der Waals surface area contributed by atoms with Crippen LogP contribution in [-0.2, 0) is 16.1 Å². The number of carbonyl (C=O) groups is 2. The van der Waals surface area contributed by atoms with Gasteiger partial charge >= 0.3 is 0 Å². The molecule has 0 spiro atoms. The van der Waals surface area contributed by atoms with Crippen molar-refractivity contribution < 1.29 is 14.3 Å². The zero-order chi connectivity index (χ0) is 19.9. The lowest BCUT2D eigenvalue weighted by atomic mass is 10.1. The molecule has 0 N–H and O–H groups in total. The van der Waals surface area contributed by atoms with Gasteiger partial charge in [0, 0.05) is 45.0 Å². The fraction of sp³-hybridized carbons (Fsp3) is 0.364. The summed E-state index contributed by atoms with van der Waals surface area (Å²) in [6, 6.07) is 17.3. The molecule has 28 heavy (non-hydrogen) atoms. The zero-order valence-corrected chi connectivity index (χ0v) is 16.5. The summed E-state index contributed by atoms with van der Waals surface area (Å²) in [5, 5.41) is 0. The predicted octanol–water partition coefficient (Wildman–Crippen LogP) is 2.25. The number of likely N-dealkylation sites (N-methyl/N-ethyl adjacent to an activating group) is 2. The van der Waals surface area contributed by atoms with Gasteiger partial charge in [-0.25, -0.2) is 0 Å². The molecule has 148 valence electrons. The number of ether oxygens (including phenoxy) is 1. The van der Waals surface area contributed by atoms with Gasteiger partial charge < -0.3 is 19.4 Å². The van der Waals surface area contributed by atoms with Crippen molar-refractivity contribution in [2.45, 2.75) is 6.54 Å². The van der Waals surface area contributed by atoms with Gasteiger partial charge in [0.15, 0.2) is 0 Å². The van der Waals surface area contributed by atoms with Crippen LogP contribution >= 0.6 is 0 Å². The van der Waals surface area contributed by atoms with E-state index in [4.69, 9.17) is 4.74 Å². The van der Waals surface area contributed by atoms with Gasteiger partial charge in [-0.2, -0.15) is 0 Å². The second-order valence-electron chi connectivity index (χ2n) is 7.04. The molecule has 0 aliphatic carbocycles. The van der Waals surface area contributed by atoms with E-state index >= 15 is 0 Å². The Bertz CT molecular complexity index is 786. The molecule has 1 aliphatic rings. The molecule has 3 rings (SSSR count). The minimum atomic E-state index is -0.155. The molecule has 1 fully saturated rings. The highest BCUT2D eigenvalue weighted by Gasteiger charge is 2.17. The Morgan fingerprint density at radius 1 is 0.929 bits per heavy atom. The van der Waals surface area contributed by atoms with E-state index in [9.17, 15) is 9.59 Å². The van der Waals surface area contributed by atoms with Crippen molar-refractivity contribution in [3.05, 3.63) is 65.7 Å². The fourth-order valence-electron chi connectivity index (χ4n) is 3.19. The standard InChI is InChI=1S/C22H27N3O3/c1-23(21(26)17-24(2)22(27)19-6-4-3-5-7-19)16-18-8-10-20(11-9-18)25-12-14-28-15-13-25/h3-11H,12-17H2,1-2H3. The van der Waals surface area contributed by atoms with E-state index in [0.717, 1.165) is 31.9 Å². The van der Waals surface area contributed by atoms with Crippen LogP contribution in [0.5, 0.6) is 0 Å². The number of rotatable bonds is 6. The Kier molecular flexibility index (Phi) is 6.66. The Hall–Kier alpha value is -2.86. The van der Waals surface area contributed by atoms with E-state index in [1.54, 1.807) is 31.1 Å². The second-order valence-corrected chi connectivity index (χ2v) is 7.04. The molecule has 2 aromatic rings. The fourth-order valence-corrected chi connectivity index (χ4v) is 3.19. The average Bonchev–Trinajstić information content (AvgIpc) is 2.75. The number of morpholine rings is 1. The van der Waals surface area contributed by atoms with E-state index in [2.05, 4.69) is 17.0 Å². The molecule has 1 saturated heterocycles. The molecule has 1 aliphatic heterocycles. The van der Waals surface area contributed by atoms with Gasteiger partial charge in [-0.05, 0) is 29.8 Å². The van der Waals surface area contributed by atoms with Gasteiger partial charge in [0.1, 0.15) is 0 Å². The van der Waals surface area contributed by atoms with Crippen LogP contribution in [0.2, 0.25) is 0 Å². The highest BCUT2D eigenvalue weighted by Crippen LogP contribution is 2.17. The molecular formula is C22H27N3O3. The maximum atomic E-state index is 12.5. The monoisotopic (exact) mass is 381 g/mol. The second kappa shape index (κ2) is 9.37. The maximum Gasteiger partial charge on any atom is 0.254 e. The first-order valence-corrected chi connectivity index (χ1v) is 9.50. The predicted molar refractivity (Wildman–Crippen MR) is 109 cm³/mol. The van der Waals surface area contributed by atoms with Crippen molar-refractivity contribution in [1.82, 2.24) is 9.80 Å². The van der Waals surface area contributed by atoms with E-state index in [1.807, 2.05) is 30.3 Å². The minimum absolute atomic E-state index is 0.0517. The molecule has 0 radical (unpaired) electrons. The Morgan fingerprint density at radius 3 is 2.21 bits per heavy atom. The smallest absolute Gasteiger partial charge is 0.254 e. The molecule has 6 heteroatoms. The summed E-state index contributed by atoms with van der Waals surface area (Å²) in [6.45, 7) is 3.88. The van der Waals surface area contributed by atoms with Crippen LogP contribution in [0, 0.1) is 0 Å². The molecule has 1 heterocycles. The number of nitrogens with zero attached hydrogens (tertiary/aromatic N) is 3. The molecule has 0 atom stereocenters. The number of hydrogen-bond acceptors (Lipinski definition) is 4. The van der Waals surface area contributed by atoms with Crippen molar-refractivity contribution in [3.63, 3.8) is 0 Å². The summed E-state index contributed by atoms with van der Waals surface area (Å²) in [5.74, 6) is -0.249. The van der Waals surface area contributed by atoms with Crippen LogP contribution in [0.1, 0.15) is 15.9 Å². The van der Waals surface area contributed by atoms with Crippen molar-refractivity contribution in [2.24, 2.45) is 0 Å². The van der Waals surface area contributed by atoms with E-state index < -0.39 is 0 Å². The first-order chi connectivity index (χ1) is 13.5. The molecule has 6 nitrogen and oxygen atoms in total. The van der Waals surface area contributed by atoms with Gasteiger partial charge in [-0.1, -0.05) is 30.3 Å². The Labute approximate surface area is 166 Å². The summed E-state index contributed by atoms with van der Waals surface area (Å²) < 4.78 is 5.39. The number of carbonyl (C=O) groups excluding carboxylic acids is 2. The molecule has 2 amide bonds. The summed E-state index contributed by atoms with van der Waals surface area (Å²) in [7, 11) is 3.41. The highest BCUT2D eigenvalue weighted by molar-refractivity contribution is 5.96. The third-order valence-electron chi connectivity index (χ3n) is 4.90. The first kappa shape index (κ1) is 19.9. The quantitative estimate of drug-likeness (QED) is 0.770. The molecule has 2 aromatic carbocycles. The van der Waals surface area contributed by atoms with Crippen molar-refractivity contribution in [1.29, 1.82) is 0 Å². The number of hydrogen-bond donors (Lipinski definition) is 0. The number of anilines is 1. The lowest BCUT2D eigenvalue weighted by Crippen LogP contribution is -2.39. The van der Waals surface area contributed by atoms with Crippen molar-refractivity contribution in [2.75, 3.05) is 51.8 Å².